The molecule has 16 heavy (non-hydrogen) atoms. The van der Waals surface area contributed by atoms with Gasteiger partial charge in [0.05, 0.1) is 5.56 Å². The van der Waals surface area contributed by atoms with Crippen LogP contribution in [0.2, 0.25) is 0 Å². The number of aromatic nitrogens is 1. The van der Waals surface area contributed by atoms with Gasteiger partial charge in [0.1, 0.15) is 0 Å². The van der Waals surface area contributed by atoms with E-state index in [-0.39, 0.29) is 0 Å². The predicted octanol–water partition coefficient (Wildman–Crippen LogP) is 2.64. The molecule has 0 spiro atoms. The molecular weight excluding hydrogens is 217 g/mol. The van der Waals surface area contributed by atoms with Gasteiger partial charge in [0.15, 0.2) is 0 Å². The third kappa shape index (κ3) is 3.81. The lowest BCUT2D eigenvalue weighted by atomic mass is 10.1. The van der Waals surface area contributed by atoms with E-state index in [2.05, 4.69) is 10.3 Å². The summed E-state index contributed by atoms with van der Waals surface area (Å²) < 4.78 is 36.7. The highest BCUT2D eigenvalue weighted by Gasteiger charge is 2.30. The maximum atomic E-state index is 12.2. The number of alkyl halides is 3. The van der Waals surface area contributed by atoms with Crippen LogP contribution in [0.5, 0.6) is 0 Å². The summed E-state index contributed by atoms with van der Waals surface area (Å²) in [7, 11) is 1.85. The first-order valence-electron chi connectivity index (χ1n) is 5.13. The Balaban J connectivity index is 2.58. The van der Waals surface area contributed by atoms with E-state index in [0.29, 0.717) is 18.2 Å². The number of rotatable bonds is 4. The third-order valence-corrected chi connectivity index (χ3v) is 2.48. The minimum absolute atomic E-state index is 0.337. The van der Waals surface area contributed by atoms with Crippen LogP contribution in [0.3, 0.4) is 0 Å². The van der Waals surface area contributed by atoms with Gasteiger partial charge < -0.3 is 5.32 Å². The van der Waals surface area contributed by atoms with Crippen LogP contribution >= 0.6 is 0 Å². The van der Waals surface area contributed by atoms with E-state index >= 15 is 0 Å². The maximum absolute atomic E-state index is 12.2. The molecule has 0 aliphatic rings. The summed E-state index contributed by atoms with van der Waals surface area (Å²) in [5.74, 6) is 0. The molecule has 0 saturated heterocycles. The summed E-state index contributed by atoms with van der Waals surface area (Å²) in [6.45, 7) is 2.02. The lowest BCUT2D eigenvalue weighted by Crippen LogP contribution is -2.21. The Hall–Kier alpha value is -1.10. The standard InChI is InChI=1S/C11H15F3N2/c1-8(15-2)3-5-10-6-4-9(7-16-10)11(12,13)14/h4,6-8,15H,3,5H2,1-2H3/t8-/m0/s1. The molecule has 0 aromatic carbocycles. The Bertz CT molecular complexity index is 319. The number of aryl methyl sites for hydroxylation is 1. The minimum Gasteiger partial charge on any atom is -0.317 e. The topological polar surface area (TPSA) is 24.9 Å². The SMILES string of the molecule is CN[C@@H](C)CCc1ccc(C(F)(F)F)cn1. The van der Waals surface area contributed by atoms with Crippen LogP contribution in [0, 0.1) is 0 Å². The van der Waals surface area contributed by atoms with Crippen molar-refractivity contribution < 1.29 is 13.2 Å². The molecule has 0 unspecified atom stereocenters. The maximum Gasteiger partial charge on any atom is 0.417 e. The van der Waals surface area contributed by atoms with Gasteiger partial charge in [0.25, 0.3) is 0 Å². The third-order valence-electron chi connectivity index (χ3n) is 2.48. The molecule has 1 heterocycles. The molecule has 1 aromatic heterocycles. The highest BCUT2D eigenvalue weighted by molar-refractivity contribution is 5.17. The minimum atomic E-state index is -4.30. The van der Waals surface area contributed by atoms with E-state index in [1.807, 2.05) is 14.0 Å². The molecule has 1 atom stereocenters. The number of halogens is 3. The molecule has 1 rings (SSSR count). The van der Waals surface area contributed by atoms with Crippen LogP contribution in [-0.4, -0.2) is 18.1 Å². The van der Waals surface area contributed by atoms with Crippen molar-refractivity contribution in [2.24, 2.45) is 0 Å². The Kier molecular flexibility index (Phi) is 4.29. The highest BCUT2D eigenvalue weighted by Crippen LogP contribution is 2.28. The molecule has 0 amide bonds. The van der Waals surface area contributed by atoms with Crippen LogP contribution in [0.4, 0.5) is 13.2 Å². The number of hydrogen-bond donors (Lipinski definition) is 1. The summed E-state index contributed by atoms with van der Waals surface area (Å²) in [6, 6.07) is 2.85. The van der Waals surface area contributed by atoms with Crippen molar-refractivity contribution in [2.45, 2.75) is 32.0 Å². The van der Waals surface area contributed by atoms with E-state index in [1.165, 1.54) is 6.07 Å². The zero-order chi connectivity index (χ0) is 12.2. The van der Waals surface area contributed by atoms with Gasteiger partial charge in [-0.3, -0.25) is 4.98 Å². The fourth-order valence-corrected chi connectivity index (χ4v) is 1.25. The van der Waals surface area contributed by atoms with Gasteiger partial charge >= 0.3 is 6.18 Å². The van der Waals surface area contributed by atoms with Gasteiger partial charge in [-0.25, -0.2) is 0 Å². The van der Waals surface area contributed by atoms with E-state index in [4.69, 9.17) is 0 Å². The molecule has 2 nitrogen and oxygen atoms in total. The zero-order valence-electron chi connectivity index (χ0n) is 9.30. The van der Waals surface area contributed by atoms with Crippen molar-refractivity contribution in [3.63, 3.8) is 0 Å². The first kappa shape index (κ1) is 13.0. The number of hydrogen-bond acceptors (Lipinski definition) is 2. The Morgan fingerprint density at radius 2 is 2.06 bits per heavy atom. The Labute approximate surface area is 92.9 Å². The first-order valence-corrected chi connectivity index (χ1v) is 5.13. The lowest BCUT2D eigenvalue weighted by molar-refractivity contribution is -0.137. The summed E-state index contributed by atoms with van der Waals surface area (Å²) in [5, 5.41) is 3.06. The van der Waals surface area contributed by atoms with Crippen molar-refractivity contribution >= 4 is 0 Å². The van der Waals surface area contributed by atoms with E-state index in [9.17, 15) is 13.2 Å². The van der Waals surface area contributed by atoms with Gasteiger partial charge in [-0.1, -0.05) is 0 Å². The van der Waals surface area contributed by atoms with Crippen LogP contribution < -0.4 is 5.32 Å². The molecule has 0 aliphatic heterocycles. The molecule has 1 N–H and O–H groups in total. The average molecular weight is 232 g/mol. The van der Waals surface area contributed by atoms with Crippen LogP contribution in [0.25, 0.3) is 0 Å². The smallest absolute Gasteiger partial charge is 0.317 e. The molecule has 5 heteroatoms. The molecule has 1 aromatic rings. The van der Waals surface area contributed by atoms with E-state index in [1.54, 1.807) is 0 Å². The fourth-order valence-electron chi connectivity index (χ4n) is 1.25. The van der Waals surface area contributed by atoms with Gasteiger partial charge in [0, 0.05) is 17.9 Å². The monoisotopic (exact) mass is 232 g/mol. The number of nitrogens with one attached hydrogen (secondary N) is 1. The summed E-state index contributed by atoms with van der Waals surface area (Å²) in [4.78, 5) is 3.80. The second-order valence-corrected chi connectivity index (χ2v) is 3.76. The normalized spacial score (nSPS) is 13.8. The zero-order valence-corrected chi connectivity index (χ0v) is 9.30. The molecule has 90 valence electrons. The second kappa shape index (κ2) is 5.30. The van der Waals surface area contributed by atoms with Gasteiger partial charge in [-0.05, 0) is 38.9 Å². The lowest BCUT2D eigenvalue weighted by Gasteiger charge is -2.10. The van der Waals surface area contributed by atoms with Crippen molar-refractivity contribution in [2.75, 3.05) is 7.05 Å². The number of pyridine rings is 1. The Morgan fingerprint density at radius 1 is 1.38 bits per heavy atom. The van der Waals surface area contributed by atoms with Crippen molar-refractivity contribution in [3.8, 4) is 0 Å². The Morgan fingerprint density at radius 3 is 2.50 bits per heavy atom. The van der Waals surface area contributed by atoms with Gasteiger partial charge in [-0.2, -0.15) is 13.2 Å². The van der Waals surface area contributed by atoms with Crippen molar-refractivity contribution in [1.82, 2.24) is 10.3 Å². The van der Waals surface area contributed by atoms with Crippen LogP contribution in [0.1, 0.15) is 24.6 Å². The van der Waals surface area contributed by atoms with Gasteiger partial charge in [0.2, 0.25) is 0 Å². The van der Waals surface area contributed by atoms with E-state index < -0.39 is 11.7 Å². The summed E-state index contributed by atoms with van der Waals surface area (Å²) >= 11 is 0. The van der Waals surface area contributed by atoms with Crippen LogP contribution in [-0.2, 0) is 12.6 Å². The number of nitrogens with zero attached hydrogens (tertiary/aromatic N) is 1. The molecule has 0 fully saturated rings. The van der Waals surface area contributed by atoms with E-state index in [0.717, 1.165) is 18.7 Å². The van der Waals surface area contributed by atoms with Crippen LogP contribution in [0.15, 0.2) is 18.3 Å². The first-order chi connectivity index (χ1) is 7.43. The van der Waals surface area contributed by atoms with Crippen molar-refractivity contribution in [3.05, 3.63) is 29.6 Å². The molecule has 0 aliphatic carbocycles. The average Bonchev–Trinajstić information content (AvgIpc) is 2.25. The largest absolute Gasteiger partial charge is 0.417 e. The second-order valence-electron chi connectivity index (χ2n) is 3.76. The molecular formula is C11H15F3N2. The fraction of sp³-hybridized carbons (Fsp3) is 0.545. The quantitative estimate of drug-likeness (QED) is 0.863. The highest BCUT2D eigenvalue weighted by atomic mass is 19.4. The van der Waals surface area contributed by atoms with Gasteiger partial charge in [-0.15, -0.1) is 0 Å². The predicted molar refractivity (Wildman–Crippen MR) is 56.1 cm³/mol. The molecule has 0 bridgehead atoms. The molecule has 0 radical (unpaired) electrons. The molecule has 0 saturated carbocycles. The van der Waals surface area contributed by atoms with Crippen molar-refractivity contribution in [1.29, 1.82) is 0 Å². The summed E-state index contributed by atoms with van der Waals surface area (Å²) in [5.41, 5.74) is -0.00647. The summed E-state index contributed by atoms with van der Waals surface area (Å²) in [6.07, 6.45) is -1.88.